The fourth-order valence-corrected chi connectivity index (χ4v) is 2.78. The normalized spacial score (nSPS) is 17.0. The molecule has 0 saturated carbocycles. The highest BCUT2D eigenvalue weighted by Crippen LogP contribution is 2.26. The van der Waals surface area contributed by atoms with Crippen LogP contribution in [-0.4, -0.2) is 19.2 Å². The van der Waals surface area contributed by atoms with Crippen LogP contribution in [0.1, 0.15) is 44.1 Å². The van der Waals surface area contributed by atoms with Gasteiger partial charge < -0.3 is 9.47 Å². The lowest BCUT2D eigenvalue weighted by atomic mass is 9.90. The highest BCUT2D eigenvalue weighted by Gasteiger charge is 2.20. The minimum absolute atomic E-state index is 0.249. The van der Waals surface area contributed by atoms with Crippen molar-refractivity contribution in [1.29, 1.82) is 0 Å². The number of aryl methyl sites for hydroxylation is 1. The van der Waals surface area contributed by atoms with E-state index in [0.717, 1.165) is 45.3 Å². The lowest BCUT2D eigenvalue weighted by molar-refractivity contribution is -0.130. The maximum absolute atomic E-state index is 13.5. The summed E-state index contributed by atoms with van der Waals surface area (Å²) in [5.74, 6) is -0.0490. The third kappa shape index (κ3) is 6.46. The molecular weight excluding hydrogens is 319 g/mol. The minimum atomic E-state index is -0.382. The molecule has 0 fully saturated rings. The van der Waals surface area contributed by atoms with Crippen molar-refractivity contribution in [2.24, 2.45) is 5.92 Å². The van der Waals surface area contributed by atoms with Crippen LogP contribution < -0.4 is 4.74 Å². The van der Waals surface area contributed by atoms with Crippen molar-refractivity contribution in [1.82, 2.24) is 0 Å². The number of halogens is 1. The average molecular weight is 346 g/mol. The summed E-state index contributed by atoms with van der Waals surface area (Å²) in [6.07, 6.45) is 9.47. The Labute approximate surface area is 149 Å². The number of carbonyl (C=O) groups excluding carboxylic acids is 1. The van der Waals surface area contributed by atoms with E-state index in [1.807, 2.05) is 12.2 Å². The summed E-state index contributed by atoms with van der Waals surface area (Å²) in [6, 6.07) is 4.47. The van der Waals surface area contributed by atoms with Crippen LogP contribution >= 0.6 is 0 Å². The van der Waals surface area contributed by atoms with Gasteiger partial charge >= 0.3 is 5.97 Å². The number of hydrogen-bond acceptors (Lipinski definition) is 3. The molecular formula is C21H27FO3. The zero-order valence-electron chi connectivity index (χ0n) is 14.9. The molecule has 1 aromatic carbocycles. The quantitative estimate of drug-likeness (QED) is 0.269. The van der Waals surface area contributed by atoms with Crippen molar-refractivity contribution < 1.29 is 18.7 Å². The summed E-state index contributed by atoms with van der Waals surface area (Å²) in [5.41, 5.74) is 1.20. The first-order valence-electron chi connectivity index (χ1n) is 8.96. The van der Waals surface area contributed by atoms with Crippen molar-refractivity contribution in [3.63, 3.8) is 0 Å². The van der Waals surface area contributed by atoms with E-state index in [9.17, 15) is 9.18 Å². The molecule has 0 aromatic heterocycles. The molecule has 1 aliphatic rings. The van der Waals surface area contributed by atoms with Crippen LogP contribution in [0.4, 0.5) is 4.39 Å². The van der Waals surface area contributed by atoms with Crippen LogP contribution in [-0.2, 0) is 9.53 Å². The van der Waals surface area contributed by atoms with E-state index in [2.05, 4.69) is 6.58 Å². The Bertz CT molecular complexity index is 622. The van der Waals surface area contributed by atoms with Crippen molar-refractivity contribution in [3.8, 4) is 5.75 Å². The molecule has 25 heavy (non-hydrogen) atoms. The third-order valence-electron chi connectivity index (χ3n) is 4.44. The number of esters is 1. The van der Waals surface area contributed by atoms with Crippen molar-refractivity contribution in [2.75, 3.05) is 13.2 Å². The van der Waals surface area contributed by atoms with E-state index in [-0.39, 0.29) is 17.5 Å². The molecule has 1 unspecified atom stereocenters. The zero-order valence-corrected chi connectivity index (χ0v) is 14.9. The lowest BCUT2D eigenvalue weighted by Crippen LogP contribution is -2.19. The zero-order chi connectivity index (χ0) is 18.1. The number of ether oxygens (including phenoxy) is 2. The summed E-state index contributed by atoms with van der Waals surface area (Å²) in [6.45, 7) is 6.89. The molecule has 0 spiro atoms. The van der Waals surface area contributed by atoms with Crippen LogP contribution in [0.3, 0.4) is 0 Å². The summed E-state index contributed by atoms with van der Waals surface area (Å²) in [7, 11) is 0. The predicted octanol–water partition coefficient (Wildman–Crippen LogP) is 5.14. The largest absolute Gasteiger partial charge is 0.423 e. The maximum Gasteiger partial charge on any atom is 0.339 e. The highest BCUT2D eigenvalue weighted by molar-refractivity contribution is 5.90. The molecule has 0 amide bonds. The van der Waals surface area contributed by atoms with E-state index in [4.69, 9.17) is 9.47 Å². The second kappa shape index (κ2) is 10.1. The van der Waals surface area contributed by atoms with Gasteiger partial charge in [0.1, 0.15) is 11.6 Å². The number of carbonyl (C=O) groups is 1. The number of allylic oxidation sites excluding steroid dienone is 2. The van der Waals surface area contributed by atoms with E-state index >= 15 is 0 Å². The first-order valence-corrected chi connectivity index (χ1v) is 8.96. The fourth-order valence-electron chi connectivity index (χ4n) is 2.78. The smallest absolute Gasteiger partial charge is 0.339 e. The molecule has 0 heterocycles. The van der Waals surface area contributed by atoms with Gasteiger partial charge in [0.15, 0.2) is 0 Å². The van der Waals surface area contributed by atoms with Crippen LogP contribution in [0.2, 0.25) is 0 Å². The summed E-state index contributed by atoms with van der Waals surface area (Å²) in [5, 5.41) is 0. The first-order chi connectivity index (χ1) is 12.1. The van der Waals surface area contributed by atoms with Crippen LogP contribution in [0.15, 0.2) is 42.5 Å². The predicted molar refractivity (Wildman–Crippen MR) is 97.1 cm³/mol. The third-order valence-corrected chi connectivity index (χ3v) is 4.44. The Balaban J connectivity index is 1.73. The fraction of sp³-hybridized carbons (Fsp3) is 0.476. The van der Waals surface area contributed by atoms with Gasteiger partial charge in [0.25, 0.3) is 0 Å². The second-order valence-corrected chi connectivity index (χ2v) is 6.53. The molecule has 3 nitrogen and oxygen atoms in total. The maximum atomic E-state index is 13.5. The van der Waals surface area contributed by atoms with Gasteiger partial charge in [-0.2, -0.15) is 0 Å². The van der Waals surface area contributed by atoms with Crippen LogP contribution in [0.25, 0.3) is 0 Å². The van der Waals surface area contributed by atoms with Crippen molar-refractivity contribution in [2.45, 2.75) is 45.4 Å². The number of unbranched alkanes of at least 4 members (excludes halogenated alkanes) is 2. The Kier molecular flexibility index (Phi) is 7.86. The minimum Gasteiger partial charge on any atom is -0.423 e. The molecule has 2 rings (SSSR count). The van der Waals surface area contributed by atoms with E-state index in [0.29, 0.717) is 23.5 Å². The van der Waals surface area contributed by atoms with Gasteiger partial charge in [-0.05, 0) is 63.0 Å². The summed E-state index contributed by atoms with van der Waals surface area (Å²) >= 11 is 0. The molecule has 0 bridgehead atoms. The summed E-state index contributed by atoms with van der Waals surface area (Å²) < 4.78 is 24.5. The van der Waals surface area contributed by atoms with Gasteiger partial charge in [-0.15, -0.1) is 6.58 Å². The van der Waals surface area contributed by atoms with Gasteiger partial charge in [-0.1, -0.05) is 18.2 Å². The van der Waals surface area contributed by atoms with E-state index in [1.54, 1.807) is 19.1 Å². The molecule has 0 radical (unpaired) electrons. The SMILES string of the molecule is C=CCCCCOCC1CC=C(C(=O)Oc2ccc(C)c(F)c2)CC1. The van der Waals surface area contributed by atoms with Gasteiger partial charge in [-0.3, -0.25) is 0 Å². The standard InChI is InChI=1S/C21H27FO3/c1-3-4-5-6-13-24-15-17-8-10-18(11-9-17)21(23)25-19-12-7-16(2)20(22)14-19/h3,7,10,12,14,17H,1,4-6,8-9,11,13,15H2,2H3. The van der Waals surface area contributed by atoms with E-state index < -0.39 is 0 Å². The van der Waals surface area contributed by atoms with Gasteiger partial charge in [0, 0.05) is 24.9 Å². The van der Waals surface area contributed by atoms with Gasteiger partial charge in [0.2, 0.25) is 0 Å². The number of benzene rings is 1. The van der Waals surface area contributed by atoms with Crippen LogP contribution in [0, 0.1) is 18.7 Å². The topological polar surface area (TPSA) is 35.5 Å². The highest BCUT2D eigenvalue weighted by atomic mass is 19.1. The molecule has 1 atom stereocenters. The van der Waals surface area contributed by atoms with Crippen LogP contribution in [0.5, 0.6) is 5.75 Å². The lowest BCUT2D eigenvalue weighted by Gasteiger charge is -2.21. The molecule has 136 valence electrons. The number of rotatable bonds is 9. The van der Waals surface area contributed by atoms with Gasteiger partial charge in [-0.25, -0.2) is 9.18 Å². The summed E-state index contributed by atoms with van der Waals surface area (Å²) in [4.78, 5) is 12.2. The Morgan fingerprint density at radius 1 is 1.40 bits per heavy atom. The van der Waals surface area contributed by atoms with Crippen molar-refractivity contribution in [3.05, 3.63) is 53.9 Å². The molecule has 1 aromatic rings. The molecule has 0 aliphatic heterocycles. The molecule has 0 N–H and O–H groups in total. The van der Waals surface area contributed by atoms with Gasteiger partial charge in [0.05, 0.1) is 0 Å². The molecule has 4 heteroatoms. The Hall–Kier alpha value is -1.94. The second-order valence-electron chi connectivity index (χ2n) is 6.53. The number of hydrogen-bond donors (Lipinski definition) is 0. The molecule has 1 aliphatic carbocycles. The molecule has 0 saturated heterocycles. The Morgan fingerprint density at radius 2 is 2.24 bits per heavy atom. The first kappa shape index (κ1) is 19.4. The Morgan fingerprint density at radius 3 is 2.92 bits per heavy atom. The van der Waals surface area contributed by atoms with Crippen molar-refractivity contribution >= 4 is 5.97 Å². The average Bonchev–Trinajstić information content (AvgIpc) is 2.61. The van der Waals surface area contributed by atoms with E-state index in [1.165, 1.54) is 6.07 Å². The monoisotopic (exact) mass is 346 g/mol.